The Morgan fingerprint density at radius 2 is 1.70 bits per heavy atom. The molecule has 0 unspecified atom stereocenters. The topological polar surface area (TPSA) is 95.6 Å². The van der Waals surface area contributed by atoms with Crippen molar-refractivity contribution in [1.82, 2.24) is 14.9 Å². The molecule has 0 spiro atoms. The van der Waals surface area contributed by atoms with E-state index < -0.39 is 15.9 Å². The van der Waals surface area contributed by atoms with Crippen LogP contribution in [0.2, 0.25) is 0 Å². The van der Waals surface area contributed by atoms with E-state index in [1.165, 1.54) is 28.6 Å². The van der Waals surface area contributed by atoms with E-state index in [1.54, 1.807) is 6.92 Å². The first-order valence-electron chi connectivity index (χ1n) is 7.60. The molecule has 1 aromatic rings. The van der Waals surface area contributed by atoms with Crippen LogP contribution in [0.1, 0.15) is 30.1 Å². The quantitative estimate of drug-likeness (QED) is 0.781. The summed E-state index contributed by atoms with van der Waals surface area (Å²) in [5.74, 6) is -0.685. The number of nitrogens with zero attached hydrogens (tertiary/aromatic N) is 1. The first-order chi connectivity index (χ1) is 10.9. The minimum Gasteiger partial charge on any atom is -0.355 e. The number of carbonyl (C=O) groups excluding carboxylic acids is 2. The summed E-state index contributed by atoms with van der Waals surface area (Å²) < 4.78 is 26.2. The molecule has 0 radical (unpaired) electrons. The van der Waals surface area contributed by atoms with Gasteiger partial charge in [0, 0.05) is 25.2 Å². The first kappa shape index (κ1) is 17.4. The van der Waals surface area contributed by atoms with Gasteiger partial charge in [0.25, 0.3) is 5.91 Å². The standard InChI is InChI=1S/C15H21N3O4S/c1-2-16-14(19)11-17-15(20)12-5-7-13(8-6-12)23(21,22)18-9-3-4-10-18/h5-8H,2-4,9-11H2,1H3,(H,16,19)(H,17,20). The van der Waals surface area contributed by atoms with E-state index in [4.69, 9.17) is 0 Å². The fourth-order valence-corrected chi connectivity index (χ4v) is 3.90. The SMILES string of the molecule is CCNC(=O)CNC(=O)c1ccc(S(=O)(=O)N2CCCC2)cc1. The molecule has 7 nitrogen and oxygen atoms in total. The zero-order chi connectivity index (χ0) is 16.9. The Labute approximate surface area is 136 Å². The summed E-state index contributed by atoms with van der Waals surface area (Å²) in [6.07, 6.45) is 1.75. The average Bonchev–Trinajstić information content (AvgIpc) is 3.08. The van der Waals surface area contributed by atoms with Gasteiger partial charge in [0.05, 0.1) is 11.4 Å². The zero-order valence-corrected chi connectivity index (χ0v) is 13.9. The molecule has 126 valence electrons. The van der Waals surface area contributed by atoms with Crippen LogP contribution in [0.4, 0.5) is 0 Å². The van der Waals surface area contributed by atoms with Gasteiger partial charge in [-0.05, 0) is 44.0 Å². The Kier molecular flexibility index (Phi) is 5.73. The van der Waals surface area contributed by atoms with E-state index in [0.717, 1.165) is 12.8 Å². The van der Waals surface area contributed by atoms with Crippen LogP contribution in [-0.4, -0.2) is 50.7 Å². The molecule has 0 atom stereocenters. The molecule has 8 heteroatoms. The van der Waals surface area contributed by atoms with Crippen molar-refractivity contribution in [3.05, 3.63) is 29.8 Å². The highest BCUT2D eigenvalue weighted by molar-refractivity contribution is 7.89. The lowest BCUT2D eigenvalue weighted by atomic mass is 10.2. The summed E-state index contributed by atoms with van der Waals surface area (Å²) in [4.78, 5) is 23.4. The summed E-state index contributed by atoms with van der Waals surface area (Å²) in [7, 11) is -3.48. The average molecular weight is 339 g/mol. The molecule has 2 N–H and O–H groups in total. The second-order valence-corrected chi connectivity index (χ2v) is 7.21. The van der Waals surface area contributed by atoms with E-state index in [-0.39, 0.29) is 17.3 Å². The summed E-state index contributed by atoms with van der Waals surface area (Å²) in [5, 5.41) is 5.06. The van der Waals surface area contributed by atoms with Crippen LogP contribution in [0.5, 0.6) is 0 Å². The van der Waals surface area contributed by atoms with Gasteiger partial charge in [-0.1, -0.05) is 0 Å². The van der Waals surface area contributed by atoms with E-state index in [0.29, 0.717) is 25.2 Å². The lowest BCUT2D eigenvalue weighted by Crippen LogP contribution is -2.36. The molecule has 1 aliphatic rings. The summed E-state index contributed by atoms with van der Waals surface area (Å²) >= 11 is 0. The highest BCUT2D eigenvalue weighted by atomic mass is 32.2. The third-order valence-corrected chi connectivity index (χ3v) is 5.52. The van der Waals surface area contributed by atoms with Crippen LogP contribution in [0.3, 0.4) is 0 Å². The number of likely N-dealkylation sites (N-methyl/N-ethyl adjacent to an activating group) is 1. The minimum atomic E-state index is -3.48. The highest BCUT2D eigenvalue weighted by Crippen LogP contribution is 2.20. The molecule has 0 aliphatic carbocycles. The molecule has 1 aliphatic heterocycles. The molecule has 1 aromatic carbocycles. The van der Waals surface area contributed by atoms with Crippen LogP contribution >= 0.6 is 0 Å². The first-order valence-corrected chi connectivity index (χ1v) is 9.04. The van der Waals surface area contributed by atoms with E-state index in [1.807, 2.05) is 0 Å². The second kappa shape index (κ2) is 7.56. The van der Waals surface area contributed by atoms with Gasteiger partial charge in [-0.3, -0.25) is 9.59 Å². The van der Waals surface area contributed by atoms with E-state index >= 15 is 0 Å². The molecule has 2 amide bonds. The lowest BCUT2D eigenvalue weighted by Gasteiger charge is -2.15. The van der Waals surface area contributed by atoms with Crippen molar-refractivity contribution in [2.24, 2.45) is 0 Å². The third kappa shape index (κ3) is 4.29. The molecule has 23 heavy (non-hydrogen) atoms. The molecular formula is C15H21N3O4S. The molecule has 1 heterocycles. The fraction of sp³-hybridized carbons (Fsp3) is 0.467. The van der Waals surface area contributed by atoms with Crippen molar-refractivity contribution >= 4 is 21.8 Å². The Hall–Kier alpha value is -1.93. The third-order valence-electron chi connectivity index (χ3n) is 3.60. The fourth-order valence-electron chi connectivity index (χ4n) is 2.38. The van der Waals surface area contributed by atoms with Crippen LogP contribution in [0.15, 0.2) is 29.2 Å². The van der Waals surface area contributed by atoms with Gasteiger partial charge in [0.2, 0.25) is 15.9 Å². The largest absolute Gasteiger partial charge is 0.355 e. The van der Waals surface area contributed by atoms with Crippen LogP contribution < -0.4 is 10.6 Å². The Morgan fingerprint density at radius 1 is 1.09 bits per heavy atom. The number of amides is 2. The Balaban J connectivity index is 2.01. The number of nitrogens with one attached hydrogen (secondary N) is 2. The molecule has 0 aromatic heterocycles. The number of rotatable bonds is 6. The van der Waals surface area contributed by atoms with Crippen molar-refractivity contribution in [3.8, 4) is 0 Å². The van der Waals surface area contributed by atoms with Crippen molar-refractivity contribution in [1.29, 1.82) is 0 Å². The predicted octanol–water partition coefficient (Wildman–Crippen LogP) is 0.337. The Morgan fingerprint density at radius 3 is 2.26 bits per heavy atom. The summed E-state index contributed by atoms with van der Waals surface area (Å²) in [6, 6.07) is 5.76. The van der Waals surface area contributed by atoms with Gasteiger partial charge >= 0.3 is 0 Å². The molecule has 1 saturated heterocycles. The number of hydrogen-bond donors (Lipinski definition) is 2. The molecule has 0 saturated carbocycles. The smallest absolute Gasteiger partial charge is 0.251 e. The Bertz CT molecular complexity index is 664. The highest BCUT2D eigenvalue weighted by Gasteiger charge is 2.27. The second-order valence-electron chi connectivity index (χ2n) is 5.27. The zero-order valence-electron chi connectivity index (χ0n) is 13.0. The van der Waals surface area contributed by atoms with Crippen LogP contribution in [0, 0.1) is 0 Å². The molecule has 0 bridgehead atoms. The van der Waals surface area contributed by atoms with Gasteiger partial charge in [0.1, 0.15) is 0 Å². The van der Waals surface area contributed by atoms with Gasteiger partial charge < -0.3 is 10.6 Å². The predicted molar refractivity (Wildman–Crippen MR) is 85.5 cm³/mol. The van der Waals surface area contributed by atoms with Gasteiger partial charge in [-0.2, -0.15) is 4.31 Å². The molecule has 1 fully saturated rings. The monoisotopic (exact) mass is 339 g/mol. The normalized spacial score (nSPS) is 15.3. The maximum absolute atomic E-state index is 12.4. The van der Waals surface area contributed by atoms with E-state index in [2.05, 4.69) is 10.6 Å². The number of hydrogen-bond acceptors (Lipinski definition) is 4. The molecular weight excluding hydrogens is 318 g/mol. The van der Waals surface area contributed by atoms with Gasteiger partial charge in [-0.15, -0.1) is 0 Å². The number of sulfonamides is 1. The summed E-state index contributed by atoms with van der Waals surface area (Å²) in [6.45, 7) is 3.26. The van der Waals surface area contributed by atoms with Crippen molar-refractivity contribution in [3.63, 3.8) is 0 Å². The van der Waals surface area contributed by atoms with Gasteiger partial charge in [0.15, 0.2) is 0 Å². The van der Waals surface area contributed by atoms with Crippen molar-refractivity contribution in [2.75, 3.05) is 26.2 Å². The maximum Gasteiger partial charge on any atom is 0.251 e. The maximum atomic E-state index is 12.4. The van der Waals surface area contributed by atoms with Crippen LogP contribution in [0.25, 0.3) is 0 Å². The van der Waals surface area contributed by atoms with Gasteiger partial charge in [-0.25, -0.2) is 8.42 Å². The lowest BCUT2D eigenvalue weighted by molar-refractivity contribution is -0.120. The number of carbonyl (C=O) groups is 2. The van der Waals surface area contributed by atoms with Crippen molar-refractivity contribution < 1.29 is 18.0 Å². The van der Waals surface area contributed by atoms with E-state index in [9.17, 15) is 18.0 Å². The molecule has 2 rings (SSSR count). The van der Waals surface area contributed by atoms with Crippen LogP contribution in [-0.2, 0) is 14.8 Å². The van der Waals surface area contributed by atoms with Crippen molar-refractivity contribution in [2.45, 2.75) is 24.7 Å². The minimum absolute atomic E-state index is 0.111. The number of benzene rings is 1. The summed E-state index contributed by atoms with van der Waals surface area (Å²) in [5.41, 5.74) is 0.315.